The smallest absolute Gasteiger partial charge is 0.251 e. The SMILES string of the molecule is C[C@@](N)(NC(=O)C1CCN(NC(=O)[C@H](N)Cc2ccc(Cl)cc2)CC1)C1CCCCC1. The van der Waals surface area contributed by atoms with Gasteiger partial charge in [-0.25, -0.2) is 5.01 Å². The van der Waals surface area contributed by atoms with Crippen molar-refractivity contribution in [1.82, 2.24) is 15.8 Å². The molecule has 1 aromatic rings. The molecule has 0 bridgehead atoms. The topological polar surface area (TPSA) is 113 Å². The van der Waals surface area contributed by atoms with Gasteiger partial charge in [-0.05, 0) is 62.6 Å². The van der Waals surface area contributed by atoms with Crippen molar-refractivity contribution in [3.63, 3.8) is 0 Å². The number of rotatable bonds is 7. The number of amides is 2. The van der Waals surface area contributed by atoms with E-state index in [4.69, 9.17) is 23.1 Å². The number of piperidine rings is 1. The maximum Gasteiger partial charge on any atom is 0.251 e. The van der Waals surface area contributed by atoms with E-state index in [-0.39, 0.29) is 17.7 Å². The molecule has 0 aromatic heterocycles. The number of hydrogen-bond acceptors (Lipinski definition) is 5. The fraction of sp³-hybridized carbons (Fsp3) is 0.652. The Morgan fingerprint density at radius 1 is 1.13 bits per heavy atom. The zero-order valence-electron chi connectivity index (χ0n) is 18.4. The van der Waals surface area contributed by atoms with Gasteiger partial charge in [0.05, 0.1) is 11.7 Å². The summed E-state index contributed by atoms with van der Waals surface area (Å²) in [5.41, 5.74) is 15.8. The third-order valence-electron chi connectivity index (χ3n) is 6.69. The van der Waals surface area contributed by atoms with E-state index in [1.165, 1.54) is 19.3 Å². The molecule has 3 rings (SSSR count). The lowest BCUT2D eigenvalue weighted by atomic mass is 9.80. The molecule has 0 unspecified atom stereocenters. The van der Waals surface area contributed by atoms with Crippen molar-refractivity contribution >= 4 is 23.4 Å². The molecule has 1 saturated carbocycles. The fourth-order valence-corrected chi connectivity index (χ4v) is 4.76. The van der Waals surface area contributed by atoms with Gasteiger partial charge in [-0.1, -0.05) is 43.0 Å². The Hall–Kier alpha value is -1.67. The van der Waals surface area contributed by atoms with Crippen LogP contribution in [-0.2, 0) is 16.0 Å². The Kier molecular flexibility index (Phi) is 8.33. The molecule has 0 spiro atoms. The van der Waals surface area contributed by atoms with Crippen LogP contribution in [0.5, 0.6) is 0 Å². The van der Waals surface area contributed by atoms with Crippen LogP contribution in [0.1, 0.15) is 57.4 Å². The zero-order chi connectivity index (χ0) is 22.4. The first-order chi connectivity index (χ1) is 14.7. The molecule has 2 aliphatic rings. The molecule has 172 valence electrons. The second-order valence-corrected chi connectivity index (χ2v) is 9.72. The van der Waals surface area contributed by atoms with Crippen molar-refractivity contribution in [1.29, 1.82) is 0 Å². The van der Waals surface area contributed by atoms with E-state index >= 15 is 0 Å². The maximum atomic E-state index is 12.8. The third kappa shape index (κ3) is 6.91. The van der Waals surface area contributed by atoms with Gasteiger partial charge in [0.15, 0.2) is 0 Å². The number of hydrogen-bond donors (Lipinski definition) is 4. The lowest BCUT2D eigenvalue weighted by molar-refractivity contribution is -0.131. The molecule has 6 N–H and O–H groups in total. The lowest BCUT2D eigenvalue weighted by Crippen LogP contribution is -2.61. The molecular weight excluding hydrogens is 414 g/mol. The second kappa shape index (κ2) is 10.8. The van der Waals surface area contributed by atoms with Gasteiger partial charge in [0.25, 0.3) is 5.91 Å². The van der Waals surface area contributed by atoms with Crippen LogP contribution < -0.4 is 22.2 Å². The quantitative estimate of drug-likeness (QED) is 0.477. The molecule has 2 fully saturated rings. The zero-order valence-corrected chi connectivity index (χ0v) is 19.2. The highest BCUT2D eigenvalue weighted by Gasteiger charge is 2.35. The van der Waals surface area contributed by atoms with Crippen LogP contribution in [0.3, 0.4) is 0 Å². The van der Waals surface area contributed by atoms with E-state index in [1.807, 2.05) is 24.1 Å². The van der Waals surface area contributed by atoms with Gasteiger partial charge in [-0.15, -0.1) is 0 Å². The predicted octanol–water partition coefficient (Wildman–Crippen LogP) is 2.32. The van der Waals surface area contributed by atoms with E-state index < -0.39 is 11.7 Å². The third-order valence-corrected chi connectivity index (χ3v) is 6.94. The summed E-state index contributed by atoms with van der Waals surface area (Å²) < 4.78 is 0. The second-order valence-electron chi connectivity index (χ2n) is 9.28. The Balaban J connectivity index is 1.41. The number of nitrogens with one attached hydrogen (secondary N) is 2. The molecule has 8 heteroatoms. The van der Waals surface area contributed by atoms with Gasteiger partial charge < -0.3 is 16.8 Å². The minimum atomic E-state index is -0.655. The molecule has 31 heavy (non-hydrogen) atoms. The number of halogens is 1. The fourth-order valence-electron chi connectivity index (χ4n) is 4.63. The van der Waals surface area contributed by atoms with Crippen LogP contribution in [0.4, 0.5) is 0 Å². The molecule has 1 aliphatic carbocycles. The summed E-state index contributed by atoms with van der Waals surface area (Å²) in [6, 6.07) is 6.68. The molecule has 1 aromatic carbocycles. The summed E-state index contributed by atoms with van der Waals surface area (Å²) in [7, 11) is 0. The van der Waals surface area contributed by atoms with Crippen LogP contribution in [0.25, 0.3) is 0 Å². The molecule has 2 amide bonds. The van der Waals surface area contributed by atoms with Crippen LogP contribution >= 0.6 is 11.6 Å². The van der Waals surface area contributed by atoms with Crippen molar-refractivity contribution in [3.8, 4) is 0 Å². The highest BCUT2D eigenvalue weighted by Crippen LogP contribution is 2.30. The van der Waals surface area contributed by atoms with Gasteiger partial charge in [-0.2, -0.15) is 0 Å². The number of benzene rings is 1. The molecule has 0 radical (unpaired) electrons. The molecule has 1 aliphatic heterocycles. The van der Waals surface area contributed by atoms with E-state index in [0.717, 1.165) is 18.4 Å². The van der Waals surface area contributed by atoms with Crippen molar-refractivity contribution in [3.05, 3.63) is 34.9 Å². The highest BCUT2D eigenvalue weighted by atomic mass is 35.5. The molecule has 7 nitrogen and oxygen atoms in total. The van der Waals surface area contributed by atoms with E-state index in [1.54, 1.807) is 12.1 Å². The monoisotopic (exact) mass is 449 g/mol. The molecular formula is C23H36ClN5O2. The Morgan fingerprint density at radius 2 is 1.74 bits per heavy atom. The first-order valence-electron chi connectivity index (χ1n) is 11.4. The van der Waals surface area contributed by atoms with Crippen molar-refractivity contribution in [2.75, 3.05) is 13.1 Å². The highest BCUT2D eigenvalue weighted by molar-refractivity contribution is 6.30. The van der Waals surface area contributed by atoms with Crippen LogP contribution in [-0.4, -0.2) is 41.6 Å². The van der Waals surface area contributed by atoms with Gasteiger partial charge in [0, 0.05) is 24.0 Å². The molecule has 2 atom stereocenters. The molecule has 1 heterocycles. The summed E-state index contributed by atoms with van der Waals surface area (Å²) >= 11 is 5.90. The largest absolute Gasteiger partial charge is 0.338 e. The number of carbonyl (C=O) groups excluding carboxylic acids is 2. The van der Waals surface area contributed by atoms with Gasteiger partial charge in [0.1, 0.15) is 0 Å². The minimum Gasteiger partial charge on any atom is -0.338 e. The van der Waals surface area contributed by atoms with E-state index in [9.17, 15) is 9.59 Å². The first-order valence-corrected chi connectivity index (χ1v) is 11.8. The minimum absolute atomic E-state index is 0.0287. The summed E-state index contributed by atoms with van der Waals surface area (Å²) in [6.07, 6.45) is 7.59. The molecule has 1 saturated heterocycles. The average molecular weight is 450 g/mol. The standard InChI is InChI=1S/C23H36ClN5O2/c1-23(26,18-5-3-2-4-6-18)27-21(30)17-11-13-29(14-12-17)28-22(31)20(25)15-16-7-9-19(24)10-8-16/h7-10,17-18,20H,2-6,11-15,25-26H2,1H3,(H,27,30)(H,28,31)/t20-,23-/m1/s1. The number of nitrogens with two attached hydrogens (primary N) is 2. The van der Waals surface area contributed by atoms with Gasteiger partial charge in [-0.3, -0.25) is 15.0 Å². The number of nitrogens with zero attached hydrogens (tertiary/aromatic N) is 1. The van der Waals surface area contributed by atoms with Crippen LogP contribution in [0.15, 0.2) is 24.3 Å². The van der Waals surface area contributed by atoms with Gasteiger partial charge >= 0.3 is 0 Å². The Bertz CT molecular complexity index is 741. The Labute approximate surface area is 190 Å². The van der Waals surface area contributed by atoms with Crippen molar-refractivity contribution in [2.24, 2.45) is 23.3 Å². The Morgan fingerprint density at radius 3 is 2.35 bits per heavy atom. The van der Waals surface area contributed by atoms with Gasteiger partial charge in [0.2, 0.25) is 5.91 Å². The van der Waals surface area contributed by atoms with Crippen LogP contribution in [0.2, 0.25) is 5.02 Å². The van der Waals surface area contributed by atoms with Crippen LogP contribution in [0, 0.1) is 11.8 Å². The summed E-state index contributed by atoms with van der Waals surface area (Å²) in [5, 5.41) is 5.62. The van der Waals surface area contributed by atoms with E-state index in [2.05, 4.69) is 10.7 Å². The number of hydrazine groups is 1. The normalized spacial score (nSPS) is 21.8. The summed E-state index contributed by atoms with van der Waals surface area (Å²) in [4.78, 5) is 25.3. The first kappa shape index (κ1) is 24.0. The summed E-state index contributed by atoms with van der Waals surface area (Å²) in [5.74, 6) is 0.0692. The van der Waals surface area contributed by atoms with E-state index in [0.29, 0.717) is 43.3 Å². The summed E-state index contributed by atoms with van der Waals surface area (Å²) in [6.45, 7) is 3.17. The average Bonchev–Trinajstić information content (AvgIpc) is 2.76. The maximum absolute atomic E-state index is 12.8. The number of carbonyl (C=O) groups is 2. The van der Waals surface area contributed by atoms with Crippen molar-refractivity contribution in [2.45, 2.75) is 70.0 Å². The van der Waals surface area contributed by atoms with Crippen molar-refractivity contribution < 1.29 is 9.59 Å². The lowest BCUT2D eigenvalue weighted by Gasteiger charge is -2.39. The predicted molar refractivity (Wildman–Crippen MR) is 123 cm³/mol.